The van der Waals surface area contributed by atoms with Crippen molar-refractivity contribution in [3.05, 3.63) is 95.8 Å². The average molecular weight is 373 g/mol. The Bertz CT molecular complexity index is 942. The van der Waals surface area contributed by atoms with Crippen LogP contribution >= 0.6 is 0 Å². The van der Waals surface area contributed by atoms with Gasteiger partial charge in [0.2, 0.25) is 0 Å². The zero-order valence-electron chi connectivity index (χ0n) is 16.1. The van der Waals surface area contributed by atoms with Gasteiger partial charge in [0.05, 0.1) is 0 Å². The van der Waals surface area contributed by atoms with Crippen LogP contribution in [0.15, 0.2) is 79.0 Å². The number of hydrogen-bond donors (Lipinski definition) is 0. The summed E-state index contributed by atoms with van der Waals surface area (Å²) in [4.78, 5) is 33.2. The fourth-order valence-corrected chi connectivity index (χ4v) is 2.93. The molecule has 5 heteroatoms. The molecular weight excluding hydrogens is 350 g/mol. The third kappa shape index (κ3) is 4.43. The molecule has 5 nitrogen and oxygen atoms in total. The smallest absolute Gasteiger partial charge is 0.276 e. The van der Waals surface area contributed by atoms with Crippen LogP contribution in [0.4, 0.5) is 5.69 Å². The van der Waals surface area contributed by atoms with Gasteiger partial charge in [0, 0.05) is 37.6 Å². The van der Waals surface area contributed by atoms with Gasteiger partial charge < -0.3 is 9.80 Å². The van der Waals surface area contributed by atoms with Gasteiger partial charge in [0.15, 0.2) is 0 Å². The number of pyridine rings is 1. The zero-order chi connectivity index (χ0) is 19.9. The van der Waals surface area contributed by atoms with Crippen molar-refractivity contribution < 1.29 is 9.59 Å². The average Bonchev–Trinajstić information content (AvgIpc) is 2.77. The van der Waals surface area contributed by atoms with Crippen LogP contribution in [-0.4, -0.2) is 35.3 Å². The van der Waals surface area contributed by atoms with Crippen LogP contribution in [0.5, 0.6) is 0 Å². The molecule has 0 atom stereocenters. The van der Waals surface area contributed by atoms with E-state index in [-0.39, 0.29) is 17.5 Å². The third-order valence-electron chi connectivity index (χ3n) is 4.56. The fourth-order valence-electron chi connectivity index (χ4n) is 2.93. The fraction of sp³-hybridized carbons (Fsp3) is 0.174. The van der Waals surface area contributed by atoms with Crippen LogP contribution in [0.1, 0.15) is 33.3 Å². The third-order valence-corrected chi connectivity index (χ3v) is 4.56. The topological polar surface area (TPSA) is 53.5 Å². The summed E-state index contributed by atoms with van der Waals surface area (Å²) < 4.78 is 0. The molecule has 0 aliphatic heterocycles. The Kier molecular flexibility index (Phi) is 6.17. The first kappa shape index (κ1) is 19.3. The lowest BCUT2D eigenvalue weighted by Gasteiger charge is -2.21. The molecule has 0 unspecified atom stereocenters. The molecule has 1 heterocycles. The Morgan fingerprint density at radius 2 is 1.54 bits per heavy atom. The quantitative estimate of drug-likeness (QED) is 0.656. The second-order valence-corrected chi connectivity index (χ2v) is 6.43. The van der Waals surface area contributed by atoms with Crippen LogP contribution in [0.3, 0.4) is 0 Å². The number of carbonyl (C=O) groups is 2. The van der Waals surface area contributed by atoms with Gasteiger partial charge in [0.25, 0.3) is 11.8 Å². The number of aromatic nitrogens is 1. The first-order valence-corrected chi connectivity index (χ1v) is 9.22. The van der Waals surface area contributed by atoms with Crippen LogP contribution in [0.25, 0.3) is 0 Å². The number of anilines is 1. The van der Waals surface area contributed by atoms with Gasteiger partial charge in [0.1, 0.15) is 5.69 Å². The summed E-state index contributed by atoms with van der Waals surface area (Å²) >= 11 is 0. The van der Waals surface area contributed by atoms with Gasteiger partial charge in [-0.15, -0.1) is 0 Å². The second kappa shape index (κ2) is 8.95. The maximum Gasteiger partial charge on any atom is 0.276 e. The number of hydrogen-bond acceptors (Lipinski definition) is 3. The van der Waals surface area contributed by atoms with E-state index in [4.69, 9.17) is 0 Å². The molecule has 3 aromatic rings. The Morgan fingerprint density at radius 3 is 2.18 bits per heavy atom. The molecule has 0 saturated heterocycles. The minimum absolute atomic E-state index is 0.120. The lowest BCUT2D eigenvalue weighted by Crippen LogP contribution is -2.31. The summed E-state index contributed by atoms with van der Waals surface area (Å²) in [6.45, 7) is 3.03. The summed E-state index contributed by atoms with van der Waals surface area (Å²) in [6, 6.07) is 22.4. The summed E-state index contributed by atoms with van der Waals surface area (Å²) in [5.41, 5.74) is 2.53. The van der Waals surface area contributed by atoms with E-state index in [0.29, 0.717) is 18.7 Å². The number of nitrogens with zero attached hydrogens (tertiary/aromatic N) is 3. The number of carbonyl (C=O) groups excluding carboxylic acids is 2. The van der Waals surface area contributed by atoms with Gasteiger partial charge in [-0.2, -0.15) is 0 Å². The molecular formula is C23H23N3O2. The summed E-state index contributed by atoms with van der Waals surface area (Å²) in [5, 5.41) is 0. The van der Waals surface area contributed by atoms with Crippen molar-refractivity contribution in [2.45, 2.75) is 13.5 Å². The second-order valence-electron chi connectivity index (χ2n) is 6.43. The van der Waals surface area contributed by atoms with E-state index in [1.807, 2.05) is 67.6 Å². The highest BCUT2D eigenvalue weighted by Gasteiger charge is 2.19. The van der Waals surface area contributed by atoms with Crippen LogP contribution in [-0.2, 0) is 6.54 Å². The van der Waals surface area contributed by atoms with Gasteiger partial charge >= 0.3 is 0 Å². The maximum atomic E-state index is 13.0. The molecule has 0 spiro atoms. The molecule has 2 aromatic carbocycles. The molecule has 0 aliphatic carbocycles. The highest BCUT2D eigenvalue weighted by Crippen LogP contribution is 2.16. The summed E-state index contributed by atoms with van der Waals surface area (Å²) in [7, 11) is 1.70. The van der Waals surface area contributed by atoms with Crippen molar-refractivity contribution in [2.24, 2.45) is 0 Å². The Morgan fingerprint density at radius 1 is 0.893 bits per heavy atom. The first-order valence-electron chi connectivity index (χ1n) is 9.22. The van der Waals surface area contributed by atoms with Gasteiger partial charge in [-0.1, -0.05) is 48.5 Å². The van der Waals surface area contributed by atoms with Crippen LogP contribution in [0.2, 0.25) is 0 Å². The van der Waals surface area contributed by atoms with Crippen molar-refractivity contribution in [2.75, 3.05) is 18.5 Å². The number of para-hydroxylation sites is 1. The molecule has 0 N–H and O–H groups in total. The molecule has 0 fully saturated rings. The lowest BCUT2D eigenvalue weighted by atomic mass is 10.1. The van der Waals surface area contributed by atoms with E-state index >= 15 is 0 Å². The van der Waals surface area contributed by atoms with Crippen LogP contribution < -0.4 is 4.90 Å². The SMILES string of the molecule is CCN(Cc1ccccc1)C(=O)c1ccnc(C(=O)N(C)c2ccccc2)c1. The Labute approximate surface area is 165 Å². The minimum Gasteiger partial charge on any atom is -0.335 e. The summed E-state index contributed by atoms with van der Waals surface area (Å²) in [6.07, 6.45) is 1.51. The van der Waals surface area contributed by atoms with Gasteiger partial charge in [-0.25, -0.2) is 0 Å². The standard InChI is InChI=1S/C23H23N3O2/c1-3-26(17-18-10-6-4-7-11-18)22(27)19-14-15-24-21(16-19)23(28)25(2)20-12-8-5-9-13-20/h4-16H,3,17H2,1-2H3. The lowest BCUT2D eigenvalue weighted by molar-refractivity contribution is 0.0752. The van der Waals surface area contributed by atoms with Crippen LogP contribution in [0, 0.1) is 0 Å². The van der Waals surface area contributed by atoms with E-state index in [9.17, 15) is 9.59 Å². The highest BCUT2D eigenvalue weighted by atomic mass is 16.2. The monoisotopic (exact) mass is 373 g/mol. The Balaban J connectivity index is 1.79. The molecule has 1 aromatic heterocycles. The molecule has 2 amide bonds. The van der Waals surface area contributed by atoms with E-state index in [1.54, 1.807) is 24.1 Å². The van der Waals surface area contributed by atoms with E-state index in [2.05, 4.69) is 4.98 Å². The number of amides is 2. The van der Waals surface area contributed by atoms with Crippen molar-refractivity contribution in [1.82, 2.24) is 9.88 Å². The molecule has 0 bridgehead atoms. The van der Waals surface area contributed by atoms with Crippen molar-refractivity contribution in [3.8, 4) is 0 Å². The zero-order valence-corrected chi connectivity index (χ0v) is 16.1. The number of rotatable bonds is 6. The predicted molar refractivity (Wildman–Crippen MR) is 110 cm³/mol. The molecule has 0 saturated carbocycles. The number of benzene rings is 2. The molecule has 28 heavy (non-hydrogen) atoms. The molecule has 3 rings (SSSR count). The summed E-state index contributed by atoms with van der Waals surface area (Å²) in [5.74, 6) is -0.378. The maximum absolute atomic E-state index is 13.0. The van der Waals surface area contributed by atoms with E-state index in [1.165, 1.54) is 11.1 Å². The van der Waals surface area contributed by atoms with Gasteiger partial charge in [-0.05, 0) is 36.8 Å². The van der Waals surface area contributed by atoms with Crippen molar-refractivity contribution in [1.29, 1.82) is 0 Å². The molecule has 0 aliphatic rings. The van der Waals surface area contributed by atoms with Crippen molar-refractivity contribution >= 4 is 17.5 Å². The predicted octanol–water partition coefficient (Wildman–Crippen LogP) is 4.02. The molecule has 0 radical (unpaired) electrons. The molecule has 142 valence electrons. The minimum atomic E-state index is -0.257. The largest absolute Gasteiger partial charge is 0.335 e. The first-order chi connectivity index (χ1) is 13.6. The normalized spacial score (nSPS) is 10.4. The van der Waals surface area contributed by atoms with E-state index < -0.39 is 0 Å². The highest BCUT2D eigenvalue weighted by molar-refractivity contribution is 6.06. The van der Waals surface area contributed by atoms with Gasteiger partial charge in [-0.3, -0.25) is 14.6 Å². The van der Waals surface area contributed by atoms with Crippen molar-refractivity contribution in [3.63, 3.8) is 0 Å². The van der Waals surface area contributed by atoms with E-state index in [0.717, 1.165) is 11.3 Å². The Hall–Kier alpha value is -3.47.